The molecule has 1 aromatic rings. The van der Waals surface area contributed by atoms with Gasteiger partial charge in [0.2, 0.25) is 5.91 Å². The largest absolute Gasteiger partial charge is 0.479 e. The van der Waals surface area contributed by atoms with Gasteiger partial charge in [0.15, 0.2) is 6.10 Å². The van der Waals surface area contributed by atoms with E-state index in [9.17, 15) is 14.4 Å². The maximum atomic E-state index is 11.8. The number of amides is 2. The highest BCUT2D eigenvalue weighted by molar-refractivity contribution is 7.12. The van der Waals surface area contributed by atoms with Crippen LogP contribution in [0.5, 0.6) is 0 Å². The van der Waals surface area contributed by atoms with E-state index in [1.165, 1.54) is 23.3 Å². The molecule has 8 heteroatoms. The lowest BCUT2D eigenvalue weighted by molar-refractivity contribution is -0.146. The zero-order valence-corrected chi connectivity index (χ0v) is 11.0. The number of rotatable bonds is 6. The highest BCUT2D eigenvalue weighted by Gasteiger charge is 2.18. The van der Waals surface area contributed by atoms with Crippen molar-refractivity contribution >= 4 is 29.1 Å². The third-order valence-corrected chi connectivity index (χ3v) is 3.09. The average molecular weight is 286 g/mol. The Labute approximate surface area is 113 Å². The van der Waals surface area contributed by atoms with Crippen LogP contribution in [-0.4, -0.2) is 59.1 Å². The van der Waals surface area contributed by atoms with Crippen LogP contribution in [0.15, 0.2) is 17.5 Å². The minimum Gasteiger partial charge on any atom is -0.479 e. The predicted molar refractivity (Wildman–Crippen MR) is 67.9 cm³/mol. The second-order valence-corrected chi connectivity index (χ2v) is 4.74. The normalized spacial score (nSPS) is 11.7. The van der Waals surface area contributed by atoms with Gasteiger partial charge in [-0.05, 0) is 11.4 Å². The van der Waals surface area contributed by atoms with Crippen LogP contribution in [0.2, 0.25) is 0 Å². The van der Waals surface area contributed by atoms with Gasteiger partial charge in [0.25, 0.3) is 5.91 Å². The number of nitrogens with zero attached hydrogens (tertiary/aromatic N) is 1. The summed E-state index contributed by atoms with van der Waals surface area (Å²) in [6, 6.07) is 3.38. The molecule has 1 heterocycles. The van der Waals surface area contributed by atoms with Crippen molar-refractivity contribution in [3.8, 4) is 0 Å². The molecule has 0 aliphatic heterocycles. The van der Waals surface area contributed by atoms with Gasteiger partial charge in [-0.15, -0.1) is 11.3 Å². The van der Waals surface area contributed by atoms with Gasteiger partial charge in [0.1, 0.15) is 0 Å². The zero-order valence-electron chi connectivity index (χ0n) is 10.2. The quantitative estimate of drug-likeness (QED) is 0.646. The first kappa shape index (κ1) is 15.1. The molecule has 0 fully saturated rings. The number of hydrogen-bond donors (Lipinski definition) is 3. The lowest BCUT2D eigenvalue weighted by Gasteiger charge is -2.16. The molecule has 0 unspecified atom stereocenters. The van der Waals surface area contributed by atoms with Crippen LogP contribution in [-0.2, 0) is 9.59 Å². The van der Waals surface area contributed by atoms with Crippen molar-refractivity contribution in [2.24, 2.45) is 0 Å². The third kappa shape index (κ3) is 4.68. The predicted octanol–water partition coefficient (Wildman–Crippen LogP) is -0.618. The summed E-state index contributed by atoms with van der Waals surface area (Å²) in [4.78, 5) is 35.3. The molecule has 0 aliphatic rings. The molecule has 0 aliphatic carbocycles. The fourth-order valence-corrected chi connectivity index (χ4v) is 1.95. The van der Waals surface area contributed by atoms with Gasteiger partial charge < -0.3 is 20.4 Å². The van der Waals surface area contributed by atoms with Crippen LogP contribution in [0.1, 0.15) is 9.67 Å². The first-order valence-corrected chi connectivity index (χ1v) is 6.26. The van der Waals surface area contributed by atoms with Crippen LogP contribution >= 0.6 is 11.3 Å². The second-order valence-electron chi connectivity index (χ2n) is 3.80. The summed E-state index contributed by atoms with van der Waals surface area (Å²) in [5.74, 6) is -2.24. The Morgan fingerprint density at radius 1 is 1.47 bits per heavy atom. The lowest BCUT2D eigenvalue weighted by Crippen LogP contribution is -2.42. The fourth-order valence-electron chi connectivity index (χ4n) is 1.23. The zero-order chi connectivity index (χ0) is 14.4. The van der Waals surface area contributed by atoms with Crippen molar-refractivity contribution < 1.29 is 24.6 Å². The number of carboxylic acid groups (broad SMARTS) is 1. The van der Waals surface area contributed by atoms with E-state index in [4.69, 9.17) is 10.2 Å². The van der Waals surface area contributed by atoms with Crippen molar-refractivity contribution in [2.75, 3.05) is 20.1 Å². The van der Waals surface area contributed by atoms with Crippen molar-refractivity contribution in [2.45, 2.75) is 6.10 Å². The number of thiophene rings is 1. The van der Waals surface area contributed by atoms with E-state index >= 15 is 0 Å². The summed E-state index contributed by atoms with van der Waals surface area (Å²) in [5.41, 5.74) is 0. The molecule has 0 saturated heterocycles. The molecule has 0 bridgehead atoms. The monoisotopic (exact) mass is 286 g/mol. The minimum absolute atomic E-state index is 0.205. The summed E-state index contributed by atoms with van der Waals surface area (Å²) in [6.45, 7) is -0.599. The second kappa shape index (κ2) is 6.86. The molecule has 1 atom stereocenters. The van der Waals surface area contributed by atoms with E-state index in [2.05, 4.69) is 5.32 Å². The average Bonchev–Trinajstić information content (AvgIpc) is 2.88. The van der Waals surface area contributed by atoms with E-state index in [-0.39, 0.29) is 12.5 Å². The summed E-state index contributed by atoms with van der Waals surface area (Å²) < 4.78 is 0. The highest BCUT2D eigenvalue weighted by Crippen LogP contribution is 2.10. The van der Waals surface area contributed by atoms with E-state index in [1.807, 2.05) is 0 Å². The molecule has 104 valence electrons. The van der Waals surface area contributed by atoms with Crippen LogP contribution in [0, 0.1) is 0 Å². The molecule has 2 amide bonds. The molecule has 1 aromatic heterocycles. The first-order chi connectivity index (χ1) is 8.91. The Bertz CT molecular complexity index is 460. The van der Waals surface area contributed by atoms with E-state index in [1.54, 1.807) is 17.5 Å². The first-order valence-electron chi connectivity index (χ1n) is 5.38. The van der Waals surface area contributed by atoms with Gasteiger partial charge in [-0.1, -0.05) is 6.07 Å². The van der Waals surface area contributed by atoms with E-state index in [0.29, 0.717) is 4.88 Å². The number of carboxylic acids is 1. The molecule has 0 saturated carbocycles. The van der Waals surface area contributed by atoms with Gasteiger partial charge in [0, 0.05) is 7.05 Å². The van der Waals surface area contributed by atoms with Crippen LogP contribution < -0.4 is 5.32 Å². The number of aliphatic hydroxyl groups excluding tert-OH is 1. The lowest BCUT2D eigenvalue weighted by atomic mass is 10.3. The number of likely N-dealkylation sites (N-methyl/N-ethyl adjacent to an activating group) is 1. The molecule has 3 N–H and O–H groups in total. The van der Waals surface area contributed by atoms with Crippen LogP contribution in [0.3, 0.4) is 0 Å². The Morgan fingerprint density at radius 2 is 2.16 bits per heavy atom. The fraction of sp³-hybridized carbons (Fsp3) is 0.364. The molecule has 0 spiro atoms. The summed E-state index contributed by atoms with van der Waals surface area (Å²) in [7, 11) is 1.47. The van der Waals surface area contributed by atoms with Gasteiger partial charge in [-0.2, -0.15) is 0 Å². The maximum absolute atomic E-state index is 11.8. The molecule has 0 radical (unpaired) electrons. The Morgan fingerprint density at radius 3 is 2.68 bits per heavy atom. The minimum atomic E-state index is -1.65. The Kier molecular flexibility index (Phi) is 5.46. The molecular formula is C11H14N2O5S. The molecular weight excluding hydrogens is 272 g/mol. The molecule has 19 heavy (non-hydrogen) atoms. The van der Waals surface area contributed by atoms with Crippen LogP contribution in [0.25, 0.3) is 0 Å². The van der Waals surface area contributed by atoms with Gasteiger partial charge >= 0.3 is 5.97 Å². The Balaban J connectivity index is 2.40. The number of aliphatic hydroxyl groups is 1. The number of aliphatic carboxylic acids is 1. The van der Waals surface area contributed by atoms with Gasteiger partial charge in [0.05, 0.1) is 18.0 Å². The Hall–Kier alpha value is -1.93. The maximum Gasteiger partial charge on any atom is 0.334 e. The van der Waals surface area contributed by atoms with Gasteiger partial charge in [-0.3, -0.25) is 9.59 Å². The van der Waals surface area contributed by atoms with E-state index in [0.717, 1.165) is 0 Å². The third-order valence-electron chi connectivity index (χ3n) is 2.24. The molecule has 1 rings (SSSR count). The number of carbonyl (C=O) groups excluding carboxylic acids is 2. The standard InChI is InChI=1S/C11H14N2O5S/c1-13(10(16)8-3-2-4-19-8)6-9(15)12-5-7(14)11(17)18/h2-4,7,14H,5-6H2,1H3,(H,12,15)(H,17,18)/t7-/m0/s1. The van der Waals surface area contributed by atoms with Gasteiger partial charge in [-0.25, -0.2) is 4.79 Å². The molecule has 7 nitrogen and oxygen atoms in total. The number of nitrogens with one attached hydrogen (secondary N) is 1. The number of hydrogen-bond acceptors (Lipinski definition) is 5. The van der Waals surface area contributed by atoms with E-state index < -0.39 is 24.5 Å². The summed E-state index contributed by atoms with van der Waals surface area (Å²) in [5, 5.41) is 21.4. The van der Waals surface area contributed by atoms with Crippen molar-refractivity contribution in [1.29, 1.82) is 0 Å². The number of carbonyl (C=O) groups is 3. The van der Waals surface area contributed by atoms with Crippen molar-refractivity contribution in [3.05, 3.63) is 22.4 Å². The highest BCUT2D eigenvalue weighted by atomic mass is 32.1. The SMILES string of the molecule is CN(CC(=O)NC[C@H](O)C(=O)O)C(=O)c1cccs1. The van der Waals surface area contributed by atoms with Crippen LogP contribution in [0.4, 0.5) is 0 Å². The molecule has 0 aromatic carbocycles. The van der Waals surface area contributed by atoms with Crippen molar-refractivity contribution in [1.82, 2.24) is 10.2 Å². The van der Waals surface area contributed by atoms with Crippen molar-refractivity contribution in [3.63, 3.8) is 0 Å². The topological polar surface area (TPSA) is 107 Å². The smallest absolute Gasteiger partial charge is 0.334 e. The summed E-state index contributed by atoms with van der Waals surface area (Å²) >= 11 is 1.27. The summed E-state index contributed by atoms with van der Waals surface area (Å²) in [6.07, 6.45) is -1.65.